The van der Waals surface area contributed by atoms with Crippen LogP contribution in [0.15, 0.2) is 0 Å². The van der Waals surface area contributed by atoms with Crippen molar-refractivity contribution >= 4 is 8.60 Å². The van der Waals surface area contributed by atoms with E-state index >= 15 is 0 Å². The average Bonchev–Trinajstić information content (AvgIpc) is 1.96. The third-order valence-corrected chi connectivity index (χ3v) is 1.75. The first kappa shape index (κ1) is 16.7. The van der Waals surface area contributed by atoms with Gasteiger partial charge in [-0.15, -0.1) is 0 Å². The Morgan fingerprint density at radius 2 is 1.31 bits per heavy atom. The average molecular weight is 216 g/mol. The van der Waals surface area contributed by atoms with Crippen molar-refractivity contribution in [1.29, 1.82) is 0 Å². The Balaban J connectivity index is 0. The molecule has 0 spiro atoms. The standard InChI is InChI=1S/C8H18O3P.Na/c1-7(2)5-10-12(9)11-6-8(3)4;/h7-8H,5-6H2,1-4H3;/q-1;+1. The minimum atomic E-state index is -1.90. The molecule has 74 valence electrons. The zero-order valence-electron chi connectivity index (χ0n) is 9.24. The predicted molar refractivity (Wildman–Crippen MR) is 48.5 cm³/mol. The predicted octanol–water partition coefficient (Wildman–Crippen LogP) is -1.08. The number of hydrogen-bond donors (Lipinski definition) is 0. The third kappa shape index (κ3) is 13.3. The number of rotatable bonds is 6. The first-order valence-corrected chi connectivity index (χ1v) is 5.35. The van der Waals surface area contributed by atoms with Crippen LogP contribution in [-0.4, -0.2) is 13.2 Å². The van der Waals surface area contributed by atoms with E-state index in [1.807, 2.05) is 27.7 Å². The van der Waals surface area contributed by atoms with E-state index in [0.29, 0.717) is 25.0 Å². The summed E-state index contributed by atoms with van der Waals surface area (Å²) in [7, 11) is -1.90. The van der Waals surface area contributed by atoms with E-state index in [9.17, 15) is 4.89 Å². The topological polar surface area (TPSA) is 41.5 Å². The van der Waals surface area contributed by atoms with Crippen LogP contribution in [0.3, 0.4) is 0 Å². The van der Waals surface area contributed by atoms with Crippen molar-refractivity contribution in [3.63, 3.8) is 0 Å². The van der Waals surface area contributed by atoms with Gasteiger partial charge >= 0.3 is 29.6 Å². The molecule has 0 aromatic heterocycles. The quantitative estimate of drug-likeness (QED) is 0.419. The molecule has 0 aliphatic heterocycles. The van der Waals surface area contributed by atoms with E-state index in [-0.39, 0.29) is 29.6 Å². The van der Waals surface area contributed by atoms with Crippen LogP contribution in [0.1, 0.15) is 27.7 Å². The molecule has 0 rings (SSSR count). The van der Waals surface area contributed by atoms with Crippen molar-refractivity contribution in [3.8, 4) is 0 Å². The Bertz CT molecular complexity index is 99.6. The zero-order valence-corrected chi connectivity index (χ0v) is 12.1. The molecule has 0 unspecified atom stereocenters. The van der Waals surface area contributed by atoms with E-state index in [0.717, 1.165) is 0 Å². The van der Waals surface area contributed by atoms with Crippen molar-refractivity contribution in [2.24, 2.45) is 11.8 Å². The molecule has 0 atom stereocenters. The van der Waals surface area contributed by atoms with Gasteiger partial charge < -0.3 is 13.9 Å². The van der Waals surface area contributed by atoms with Gasteiger partial charge in [0.15, 0.2) is 0 Å². The van der Waals surface area contributed by atoms with E-state index < -0.39 is 8.60 Å². The first-order valence-electron chi connectivity index (χ1n) is 4.25. The van der Waals surface area contributed by atoms with Crippen LogP contribution in [0.5, 0.6) is 0 Å². The molecule has 0 bridgehead atoms. The molecule has 0 aromatic carbocycles. The van der Waals surface area contributed by atoms with Crippen LogP contribution in [0.25, 0.3) is 0 Å². The Morgan fingerprint density at radius 3 is 1.54 bits per heavy atom. The Labute approximate surface area is 104 Å². The van der Waals surface area contributed by atoms with Crippen LogP contribution in [-0.2, 0) is 9.05 Å². The molecule has 0 amide bonds. The van der Waals surface area contributed by atoms with Crippen molar-refractivity contribution in [2.75, 3.05) is 13.2 Å². The van der Waals surface area contributed by atoms with Gasteiger partial charge in [0.1, 0.15) is 0 Å². The summed E-state index contributed by atoms with van der Waals surface area (Å²) in [4.78, 5) is 11.0. The van der Waals surface area contributed by atoms with Crippen LogP contribution in [0.4, 0.5) is 0 Å². The fourth-order valence-electron chi connectivity index (χ4n) is 0.457. The molecule has 0 fully saturated rings. The maximum absolute atomic E-state index is 11.0. The number of hydrogen-bond acceptors (Lipinski definition) is 3. The minimum absolute atomic E-state index is 0. The molecule has 3 nitrogen and oxygen atoms in total. The maximum atomic E-state index is 11.0. The van der Waals surface area contributed by atoms with E-state index in [1.54, 1.807) is 0 Å². The van der Waals surface area contributed by atoms with E-state index in [1.165, 1.54) is 0 Å². The summed E-state index contributed by atoms with van der Waals surface area (Å²) in [5.41, 5.74) is 0. The van der Waals surface area contributed by atoms with Crippen molar-refractivity contribution in [3.05, 3.63) is 0 Å². The van der Waals surface area contributed by atoms with Gasteiger partial charge in [0.2, 0.25) is 0 Å². The monoisotopic (exact) mass is 216 g/mol. The summed E-state index contributed by atoms with van der Waals surface area (Å²) in [5.74, 6) is 0.790. The summed E-state index contributed by atoms with van der Waals surface area (Å²) in [6.07, 6.45) is 0. The molecule has 0 aromatic rings. The second-order valence-electron chi connectivity index (χ2n) is 3.60. The van der Waals surface area contributed by atoms with E-state index in [4.69, 9.17) is 9.05 Å². The second-order valence-corrected chi connectivity index (χ2v) is 4.57. The fourth-order valence-corrected chi connectivity index (χ4v) is 1.37. The van der Waals surface area contributed by atoms with Gasteiger partial charge in [0, 0.05) is 0 Å². The van der Waals surface area contributed by atoms with E-state index in [2.05, 4.69) is 0 Å². The second kappa shape index (κ2) is 9.85. The van der Waals surface area contributed by atoms with Crippen molar-refractivity contribution in [1.82, 2.24) is 0 Å². The van der Waals surface area contributed by atoms with Gasteiger partial charge in [-0.1, -0.05) is 27.7 Å². The molecule has 0 heterocycles. The maximum Gasteiger partial charge on any atom is 1.00 e. The Hall–Kier alpha value is 1.31. The summed E-state index contributed by atoms with van der Waals surface area (Å²) < 4.78 is 9.88. The molecule has 13 heavy (non-hydrogen) atoms. The molecule has 0 aliphatic rings. The third-order valence-electron chi connectivity index (χ3n) is 1.03. The van der Waals surface area contributed by atoms with Gasteiger partial charge in [-0.3, -0.25) is 0 Å². The Kier molecular flexibility index (Phi) is 12.7. The normalized spacial score (nSPS) is 11.1. The summed E-state index contributed by atoms with van der Waals surface area (Å²) in [5, 5.41) is 0. The molecular formula is C8H18NaO3P. The van der Waals surface area contributed by atoms with Gasteiger partial charge in [0.25, 0.3) is 0 Å². The van der Waals surface area contributed by atoms with Crippen LogP contribution >= 0.6 is 8.60 Å². The van der Waals surface area contributed by atoms with Crippen LogP contribution < -0.4 is 34.5 Å². The fraction of sp³-hybridized carbons (Fsp3) is 1.00. The summed E-state index contributed by atoms with van der Waals surface area (Å²) in [6, 6.07) is 0. The largest absolute Gasteiger partial charge is 1.00 e. The SMILES string of the molecule is CC(C)COP([O-])OCC(C)C.[Na+]. The first-order chi connectivity index (χ1) is 5.52. The van der Waals surface area contributed by atoms with Crippen LogP contribution in [0, 0.1) is 11.8 Å². The summed E-state index contributed by atoms with van der Waals surface area (Å²) in [6.45, 7) is 9.01. The molecule has 0 radical (unpaired) electrons. The molecule has 0 aliphatic carbocycles. The molecule has 0 saturated carbocycles. The van der Waals surface area contributed by atoms with Gasteiger partial charge in [0.05, 0.1) is 21.8 Å². The molecule has 5 heteroatoms. The van der Waals surface area contributed by atoms with Crippen molar-refractivity contribution < 1.29 is 43.5 Å². The molecule has 0 saturated heterocycles. The summed E-state index contributed by atoms with van der Waals surface area (Å²) >= 11 is 0. The molecule has 0 N–H and O–H groups in total. The molecular weight excluding hydrogens is 198 g/mol. The Morgan fingerprint density at radius 1 is 1.00 bits per heavy atom. The van der Waals surface area contributed by atoms with Gasteiger partial charge in [-0.05, 0) is 11.8 Å². The minimum Gasteiger partial charge on any atom is -0.786 e. The van der Waals surface area contributed by atoms with Gasteiger partial charge in [-0.2, -0.15) is 0 Å². The van der Waals surface area contributed by atoms with Crippen LogP contribution in [0.2, 0.25) is 0 Å². The van der Waals surface area contributed by atoms with Crippen molar-refractivity contribution in [2.45, 2.75) is 27.7 Å². The van der Waals surface area contributed by atoms with Gasteiger partial charge in [-0.25, -0.2) is 0 Å². The smallest absolute Gasteiger partial charge is 0.786 e. The zero-order chi connectivity index (χ0) is 9.56.